The van der Waals surface area contributed by atoms with Crippen LogP contribution in [0.1, 0.15) is 335 Å². The molecule has 14 N–H and O–H groups in total. The molecule has 23 heteroatoms. The average molecular weight is 1460 g/mol. The minimum Gasteiger partial charge on any atom is -0.477 e. The van der Waals surface area contributed by atoms with Gasteiger partial charge in [-0.05, 0) is 19.3 Å². The van der Waals surface area contributed by atoms with Crippen molar-refractivity contribution in [3.63, 3.8) is 0 Å². The maximum Gasteiger partial charge on any atom is 0.364 e. The van der Waals surface area contributed by atoms with Gasteiger partial charge in [-0.25, -0.2) is 4.79 Å². The van der Waals surface area contributed by atoms with E-state index in [9.17, 15) is 75.7 Å². The maximum atomic E-state index is 13.5. The molecule has 3 heterocycles. The number of carbonyl (C=O) groups is 3. The molecule has 3 aliphatic heterocycles. The molecule has 3 fully saturated rings. The molecule has 0 aliphatic carbocycles. The van der Waals surface area contributed by atoms with Crippen molar-refractivity contribution in [2.75, 3.05) is 26.4 Å². The first-order valence-electron chi connectivity index (χ1n) is 41.1. The lowest BCUT2D eigenvalue weighted by molar-refractivity contribution is -0.386. The third kappa shape index (κ3) is 38.5. The summed E-state index contributed by atoms with van der Waals surface area (Å²) in [5.74, 6) is -6.13. The summed E-state index contributed by atoms with van der Waals surface area (Å²) >= 11 is 0. The topological polar surface area (TPSA) is 373 Å². The van der Waals surface area contributed by atoms with E-state index in [1.165, 1.54) is 244 Å². The Balaban J connectivity index is 1.47. The van der Waals surface area contributed by atoms with Crippen molar-refractivity contribution in [3.05, 3.63) is 12.2 Å². The highest BCUT2D eigenvalue weighted by atomic mass is 16.8. The third-order valence-corrected chi connectivity index (χ3v) is 21.0. The quantitative estimate of drug-likeness (QED) is 0.0199. The lowest BCUT2D eigenvalue weighted by Crippen LogP contribution is -2.70. The number of aliphatic hydroxyl groups excluding tert-OH is 11. The van der Waals surface area contributed by atoms with E-state index in [2.05, 4.69) is 24.5 Å². The molecule has 0 bridgehead atoms. The number of nitrogens with one attached hydrogen (secondary N) is 2. The van der Waals surface area contributed by atoms with Crippen LogP contribution in [-0.4, -0.2) is 215 Å². The molecular formula is C79H148N2O21. The highest BCUT2D eigenvalue weighted by molar-refractivity contribution is 5.77. The molecule has 23 nitrogen and oxygen atoms in total. The molecule has 3 rings (SSSR count). The van der Waals surface area contributed by atoms with Crippen molar-refractivity contribution in [1.82, 2.24) is 10.6 Å². The second kappa shape index (κ2) is 58.5. The Hall–Kier alpha value is -2.53. The number of carboxylic acid groups (broad SMARTS) is 1. The van der Waals surface area contributed by atoms with Crippen LogP contribution in [0.3, 0.4) is 0 Å². The highest BCUT2D eigenvalue weighted by Gasteiger charge is 2.60. The van der Waals surface area contributed by atoms with Gasteiger partial charge in [0.25, 0.3) is 5.79 Å². The van der Waals surface area contributed by atoms with Gasteiger partial charge >= 0.3 is 5.97 Å². The van der Waals surface area contributed by atoms with Gasteiger partial charge in [0.15, 0.2) is 12.6 Å². The summed E-state index contributed by atoms with van der Waals surface area (Å²) in [6.07, 6.45) is 34.1. The summed E-state index contributed by atoms with van der Waals surface area (Å²) in [4.78, 5) is 38.7. The predicted molar refractivity (Wildman–Crippen MR) is 394 cm³/mol. The Morgan fingerprint density at radius 3 is 1.30 bits per heavy atom. The molecule has 18 unspecified atom stereocenters. The van der Waals surface area contributed by atoms with Crippen LogP contribution < -0.4 is 10.6 Å². The number of ether oxygens (including phenoxy) is 6. The molecule has 102 heavy (non-hydrogen) atoms. The van der Waals surface area contributed by atoms with Crippen LogP contribution in [0.2, 0.25) is 0 Å². The lowest BCUT2D eigenvalue weighted by Gasteiger charge is -2.50. The predicted octanol–water partition coefficient (Wildman–Crippen LogP) is 11.0. The number of amides is 2. The molecule has 2 amide bonds. The standard InChI is InChI=1S/C79H148N2O21/c1-4-6-8-10-12-14-16-18-20-22-23-24-25-26-27-28-29-30-31-32-33-34-35-37-39-41-43-45-47-49-51-53-66(89)81-60(61(86)52-50-48-46-44-42-40-38-36-21-19-17-15-13-11-9-7-5-2)58-97-76-71(93)70(92)73(65(57-84)99-76)100-77-72(94)75(69(91)64(56-83)98-77)102-79(78(95)96)54-62(87)67(80-59(3)85)74(101-79)68(90)63(88)55-82/h50,52,60-65,67-77,82-84,86-88,90-94H,4-49,51,53-58H2,1-3H3,(H,80,85)(H,81,89)(H,95,96)/b52-50+. The number of allylic oxidation sites excluding steroid dienone is 1. The van der Waals surface area contributed by atoms with E-state index < -0.39 is 155 Å². The number of hydrogen-bond acceptors (Lipinski definition) is 20. The van der Waals surface area contributed by atoms with Gasteiger partial charge in [-0.3, -0.25) is 9.59 Å². The highest BCUT2D eigenvalue weighted by Crippen LogP contribution is 2.39. The van der Waals surface area contributed by atoms with Crippen molar-refractivity contribution < 1.29 is 104 Å². The zero-order valence-corrected chi connectivity index (χ0v) is 63.5. The van der Waals surface area contributed by atoms with Crippen molar-refractivity contribution in [3.8, 4) is 0 Å². The summed E-state index contributed by atoms with van der Waals surface area (Å²) in [7, 11) is 0. The first kappa shape index (κ1) is 93.7. The summed E-state index contributed by atoms with van der Waals surface area (Å²) in [6, 6.07) is -2.62. The number of unbranched alkanes of at least 4 members (excludes halogenated alkanes) is 45. The Kier molecular flexibility index (Phi) is 53.7. The fourth-order valence-corrected chi connectivity index (χ4v) is 14.5. The van der Waals surface area contributed by atoms with E-state index >= 15 is 0 Å². The molecule has 0 aromatic carbocycles. The Labute approximate surface area is 613 Å². The van der Waals surface area contributed by atoms with Crippen molar-refractivity contribution in [2.24, 2.45) is 0 Å². The SMILES string of the molecule is CCCCCCCCCCCCCCCCC/C=C/C(O)C(COC1OC(CO)C(OC2OC(CO)C(O)C(OC3(C(=O)O)CC(O)C(NC(C)=O)C(C(O)C(O)CO)O3)C2O)C(O)C1O)NC(=O)CCCCCCCCCCCCCCCCCCCCCCCCCCCCCCCCC. The number of rotatable bonds is 65. The van der Waals surface area contributed by atoms with Gasteiger partial charge in [0.05, 0.1) is 50.7 Å². The molecule has 18 atom stereocenters. The van der Waals surface area contributed by atoms with Crippen molar-refractivity contribution in [1.29, 1.82) is 0 Å². The summed E-state index contributed by atoms with van der Waals surface area (Å²) < 4.78 is 34.9. The number of aliphatic carboxylic acids is 1. The fourth-order valence-electron chi connectivity index (χ4n) is 14.5. The molecule has 3 saturated heterocycles. The normalized spacial score (nSPS) is 26.7. The molecule has 600 valence electrons. The Morgan fingerprint density at radius 2 is 0.912 bits per heavy atom. The van der Waals surface area contributed by atoms with E-state index in [0.29, 0.717) is 12.8 Å². The molecule has 0 aromatic heterocycles. The zero-order chi connectivity index (χ0) is 74.6. The largest absolute Gasteiger partial charge is 0.477 e. The first-order chi connectivity index (χ1) is 49.4. The smallest absolute Gasteiger partial charge is 0.364 e. The fraction of sp³-hybridized carbons (Fsp3) is 0.937. The number of hydrogen-bond donors (Lipinski definition) is 14. The zero-order valence-electron chi connectivity index (χ0n) is 63.5. The van der Waals surface area contributed by atoms with Crippen molar-refractivity contribution in [2.45, 2.75) is 445 Å². The van der Waals surface area contributed by atoms with Gasteiger partial charge in [0.2, 0.25) is 11.8 Å². The van der Waals surface area contributed by atoms with E-state index in [-0.39, 0.29) is 12.3 Å². The van der Waals surface area contributed by atoms with Gasteiger partial charge in [-0.2, -0.15) is 0 Å². The van der Waals surface area contributed by atoms with Gasteiger partial charge in [-0.15, -0.1) is 0 Å². The molecule has 0 spiro atoms. The molecule has 0 aromatic rings. The number of aliphatic hydroxyl groups is 11. The number of carboxylic acids is 1. The van der Waals surface area contributed by atoms with E-state index in [4.69, 9.17) is 28.4 Å². The summed E-state index contributed by atoms with van der Waals surface area (Å²) in [5.41, 5.74) is 0. The van der Waals surface area contributed by atoms with Crippen molar-refractivity contribution >= 4 is 17.8 Å². The van der Waals surface area contributed by atoms with Gasteiger partial charge in [0, 0.05) is 19.8 Å². The average Bonchev–Trinajstić information content (AvgIpc) is 0.757. The lowest BCUT2D eigenvalue weighted by atomic mass is 9.88. The van der Waals surface area contributed by atoms with Crippen LogP contribution in [0, 0.1) is 0 Å². The van der Waals surface area contributed by atoms with E-state index in [0.717, 1.165) is 51.9 Å². The Bertz CT molecular complexity index is 2080. The number of carbonyl (C=O) groups excluding carboxylic acids is 2. The minimum absolute atomic E-state index is 0.206. The van der Waals surface area contributed by atoms with Crippen LogP contribution in [0.15, 0.2) is 12.2 Å². The van der Waals surface area contributed by atoms with Crippen LogP contribution in [0.5, 0.6) is 0 Å². The van der Waals surface area contributed by atoms with Crippen LogP contribution in [0.4, 0.5) is 0 Å². The van der Waals surface area contributed by atoms with Gasteiger partial charge < -0.3 is 100 Å². The third-order valence-electron chi connectivity index (χ3n) is 21.0. The van der Waals surface area contributed by atoms with Crippen LogP contribution in [-0.2, 0) is 42.8 Å². The molecular weight excluding hydrogens is 1310 g/mol. The summed E-state index contributed by atoms with van der Waals surface area (Å²) in [5, 5.41) is 136. The van der Waals surface area contributed by atoms with E-state index in [1.807, 2.05) is 6.08 Å². The summed E-state index contributed by atoms with van der Waals surface area (Å²) in [6.45, 7) is 2.19. The second-order valence-electron chi connectivity index (χ2n) is 30.0. The maximum absolute atomic E-state index is 13.5. The molecule has 3 aliphatic rings. The van der Waals surface area contributed by atoms with Crippen LogP contribution in [0.25, 0.3) is 0 Å². The Morgan fingerprint density at radius 1 is 0.510 bits per heavy atom. The molecule has 0 saturated carbocycles. The van der Waals surface area contributed by atoms with Gasteiger partial charge in [-0.1, -0.05) is 309 Å². The first-order valence-corrected chi connectivity index (χ1v) is 41.1. The van der Waals surface area contributed by atoms with Gasteiger partial charge in [0.1, 0.15) is 67.1 Å². The monoisotopic (exact) mass is 1460 g/mol. The van der Waals surface area contributed by atoms with E-state index in [1.54, 1.807) is 6.08 Å². The second-order valence-corrected chi connectivity index (χ2v) is 30.0. The minimum atomic E-state index is -3.08. The molecule has 0 radical (unpaired) electrons. The van der Waals surface area contributed by atoms with Crippen LogP contribution >= 0.6 is 0 Å².